The van der Waals surface area contributed by atoms with E-state index in [4.69, 9.17) is 9.15 Å². The number of anilines is 1. The molecule has 24 heavy (non-hydrogen) atoms. The number of para-hydroxylation sites is 1. The fourth-order valence-corrected chi connectivity index (χ4v) is 2.55. The van der Waals surface area contributed by atoms with Crippen LogP contribution in [0.2, 0.25) is 0 Å². The quantitative estimate of drug-likeness (QED) is 0.747. The van der Waals surface area contributed by atoms with E-state index in [2.05, 4.69) is 5.32 Å². The molecule has 2 aromatic carbocycles. The highest BCUT2D eigenvalue weighted by Gasteiger charge is 2.13. The number of hydrogen-bond donors (Lipinski definition) is 1. The number of ether oxygens (including phenoxy) is 1. The Balaban J connectivity index is 1.99. The first-order valence-corrected chi connectivity index (χ1v) is 7.49. The summed E-state index contributed by atoms with van der Waals surface area (Å²) in [5.74, 6) is 0.243. The van der Waals surface area contributed by atoms with Gasteiger partial charge in [-0.15, -0.1) is 0 Å². The maximum Gasteiger partial charge on any atom is 0.339 e. The molecule has 122 valence electrons. The molecule has 5 nitrogen and oxygen atoms in total. The molecule has 0 aliphatic heterocycles. The van der Waals surface area contributed by atoms with Gasteiger partial charge in [0.25, 0.3) is 5.91 Å². The molecule has 0 aliphatic carbocycles. The maximum atomic E-state index is 12.5. The number of nitrogens with one attached hydrogen (secondary N) is 1. The highest BCUT2D eigenvalue weighted by molar-refractivity contribution is 6.07. The Morgan fingerprint density at radius 2 is 1.83 bits per heavy atom. The molecule has 0 unspecified atom stereocenters. The van der Waals surface area contributed by atoms with Crippen LogP contribution in [-0.4, -0.2) is 13.0 Å². The fraction of sp³-hybridized carbons (Fsp3) is 0.158. The lowest BCUT2D eigenvalue weighted by Gasteiger charge is -2.10. The number of rotatable bonds is 3. The molecule has 0 fully saturated rings. The van der Waals surface area contributed by atoms with Crippen LogP contribution in [0.3, 0.4) is 0 Å². The summed E-state index contributed by atoms with van der Waals surface area (Å²) in [6, 6.07) is 12.2. The average molecular weight is 323 g/mol. The second kappa shape index (κ2) is 6.20. The zero-order chi connectivity index (χ0) is 17.3. The monoisotopic (exact) mass is 323 g/mol. The molecule has 3 aromatic rings. The lowest BCUT2D eigenvalue weighted by Crippen LogP contribution is -2.13. The summed E-state index contributed by atoms with van der Waals surface area (Å²) in [5.41, 5.74) is 2.64. The van der Waals surface area contributed by atoms with Gasteiger partial charge in [0, 0.05) is 16.6 Å². The third-order valence-electron chi connectivity index (χ3n) is 4.06. The van der Waals surface area contributed by atoms with Crippen LogP contribution in [-0.2, 0) is 0 Å². The zero-order valence-electron chi connectivity index (χ0n) is 13.7. The molecule has 1 aromatic heterocycles. The van der Waals surface area contributed by atoms with Gasteiger partial charge in [0.1, 0.15) is 11.3 Å². The lowest BCUT2D eigenvalue weighted by molar-refractivity contribution is 0.102. The summed E-state index contributed by atoms with van der Waals surface area (Å²) < 4.78 is 10.5. The van der Waals surface area contributed by atoms with E-state index in [0.29, 0.717) is 28.1 Å². The summed E-state index contributed by atoms with van der Waals surface area (Å²) in [4.78, 5) is 24.2. The number of fused-ring (bicyclic) bond motifs is 1. The van der Waals surface area contributed by atoms with Gasteiger partial charge in [-0.3, -0.25) is 4.79 Å². The Bertz CT molecular complexity index is 988. The number of aryl methyl sites for hydroxylation is 1. The topological polar surface area (TPSA) is 68.5 Å². The van der Waals surface area contributed by atoms with Crippen LogP contribution >= 0.6 is 0 Å². The molecular weight excluding hydrogens is 306 g/mol. The van der Waals surface area contributed by atoms with Crippen molar-refractivity contribution in [1.82, 2.24) is 0 Å². The number of amides is 1. The highest BCUT2D eigenvalue weighted by atomic mass is 16.5. The van der Waals surface area contributed by atoms with Crippen molar-refractivity contribution in [3.8, 4) is 5.75 Å². The second-order valence-electron chi connectivity index (χ2n) is 5.50. The molecule has 5 heteroatoms. The van der Waals surface area contributed by atoms with E-state index in [1.54, 1.807) is 49.4 Å². The van der Waals surface area contributed by atoms with Gasteiger partial charge in [-0.1, -0.05) is 12.1 Å². The van der Waals surface area contributed by atoms with Crippen molar-refractivity contribution in [3.05, 3.63) is 69.6 Å². The van der Waals surface area contributed by atoms with E-state index in [1.165, 1.54) is 7.11 Å². The van der Waals surface area contributed by atoms with E-state index in [9.17, 15) is 9.59 Å². The number of methoxy groups -OCH3 is 1. The SMILES string of the molecule is COc1ccccc1C(=O)Nc1ccc2oc(=O)c(C)c(C)c2c1. The van der Waals surface area contributed by atoms with Gasteiger partial charge < -0.3 is 14.5 Å². The van der Waals surface area contributed by atoms with Gasteiger partial charge >= 0.3 is 5.63 Å². The second-order valence-corrected chi connectivity index (χ2v) is 5.50. The molecule has 1 N–H and O–H groups in total. The number of carbonyl (C=O) groups is 1. The highest BCUT2D eigenvalue weighted by Crippen LogP contribution is 2.24. The molecule has 1 heterocycles. The van der Waals surface area contributed by atoms with Crippen LogP contribution in [0.25, 0.3) is 11.0 Å². The van der Waals surface area contributed by atoms with Gasteiger partial charge in [-0.2, -0.15) is 0 Å². The van der Waals surface area contributed by atoms with Crippen LogP contribution < -0.4 is 15.7 Å². The average Bonchev–Trinajstić information content (AvgIpc) is 2.60. The van der Waals surface area contributed by atoms with Crippen molar-refractivity contribution in [2.45, 2.75) is 13.8 Å². The molecular formula is C19H17NO4. The Morgan fingerprint density at radius 1 is 1.08 bits per heavy atom. The molecule has 0 bridgehead atoms. The zero-order valence-corrected chi connectivity index (χ0v) is 13.7. The van der Waals surface area contributed by atoms with Gasteiger partial charge in [0.15, 0.2) is 0 Å². The molecule has 3 rings (SSSR count). The predicted molar refractivity (Wildman–Crippen MR) is 92.9 cm³/mol. The van der Waals surface area contributed by atoms with Crippen LogP contribution in [0.1, 0.15) is 21.5 Å². The third-order valence-corrected chi connectivity index (χ3v) is 4.06. The van der Waals surface area contributed by atoms with E-state index in [-0.39, 0.29) is 11.5 Å². The van der Waals surface area contributed by atoms with Gasteiger partial charge in [0.05, 0.1) is 12.7 Å². The van der Waals surface area contributed by atoms with Crippen molar-refractivity contribution in [2.24, 2.45) is 0 Å². The van der Waals surface area contributed by atoms with Crippen LogP contribution in [0.4, 0.5) is 5.69 Å². The number of benzene rings is 2. The first-order valence-electron chi connectivity index (χ1n) is 7.49. The number of hydrogen-bond acceptors (Lipinski definition) is 4. The number of carbonyl (C=O) groups excluding carboxylic acids is 1. The minimum atomic E-state index is -0.342. The first-order chi connectivity index (χ1) is 11.5. The molecule has 0 spiro atoms. The van der Waals surface area contributed by atoms with Crippen molar-refractivity contribution < 1.29 is 13.9 Å². The summed E-state index contributed by atoms with van der Waals surface area (Å²) in [6.07, 6.45) is 0. The van der Waals surface area contributed by atoms with E-state index in [1.807, 2.05) is 6.92 Å². The normalized spacial score (nSPS) is 10.6. The molecule has 0 radical (unpaired) electrons. The van der Waals surface area contributed by atoms with Crippen molar-refractivity contribution in [2.75, 3.05) is 12.4 Å². The maximum absolute atomic E-state index is 12.5. The van der Waals surface area contributed by atoms with Crippen molar-refractivity contribution >= 4 is 22.6 Å². The summed E-state index contributed by atoms with van der Waals surface area (Å²) in [6.45, 7) is 3.58. The molecule has 0 saturated carbocycles. The first kappa shape index (κ1) is 15.8. The Morgan fingerprint density at radius 3 is 2.58 bits per heavy atom. The minimum absolute atomic E-state index is 0.265. The smallest absolute Gasteiger partial charge is 0.339 e. The summed E-state index contributed by atoms with van der Waals surface area (Å²) >= 11 is 0. The van der Waals surface area contributed by atoms with Crippen LogP contribution in [0, 0.1) is 13.8 Å². The third kappa shape index (κ3) is 2.76. The standard InChI is InChI=1S/C19H17NO4/c1-11-12(2)19(22)24-17-9-8-13(10-15(11)17)20-18(21)14-6-4-5-7-16(14)23-3/h4-10H,1-3H3,(H,20,21). The Kier molecular flexibility index (Phi) is 4.08. The van der Waals surface area contributed by atoms with Gasteiger partial charge in [0.2, 0.25) is 0 Å². The van der Waals surface area contributed by atoms with Crippen LogP contribution in [0.5, 0.6) is 5.75 Å². The summed E-state index contributed by atoms with van der Waals surface area (Å²) in [5, 5.41) is 3.64. The molecule has 1 amide bonds. The van der Waals surface area contributed by atoms with E-state index < -0.39 is 0 Å². The van der Waals surface area contributed by atoms with Gasteiger partial charge in [-0.25, -0.2) is 4.79 Å². The molecule has 0 saturated heterocycles. The van der Waals surface area contributed by atoms with E-state index >= 15 is 0 Å². The van der Waals surface area contributed by atoms with Crippen LogP contribution in [0.15, 0.2) is 51.7 Å². The summed E-state index contributed by atoms with van der Waals surface area (Å²) in [7, 11) is 1.52. The minimum Gasteiger partial charge on any atom is -0.496 e. The van der Waals surface area contributed by atoms with Gasteiger partial charge in [-0.05, 0) is 49.7 Å². The Labute approximate surface area is 138 Å². The largest absolute Gasteiger partial charge is 0.496 e. The lowest BCUT2D eigenvalue weighted by atomic mass is 10.1. The van der Waals surface area contributed by atoms with Crippen molar-refractivity contribution in [3.63, 3.8) is 0 Å². The Hall–Kier alpha value is -3.08. The van der Waals surface area contributed by atoms with E-state index in [0.717, 1.165) is 10.9 Å². The fourth-order valence-electron chi connectivity index (χ4n) is 2.55. The predicted octanol–water partition coefficient (Wildman–Crippen LogP) is 3.67. The molecule has 0 atom stereocenters. The molecule has 0 aliphatic rings. The van der Waals surface area contributed by atoms with Crippen molar-refractivity contribution in [1.29, 1.82) is 0 Å².